The van der Waals surface area contributed by atoms with Crippen molar-refractivity contribution >= 4 is 21.8 Å². The van der Waals surface area contributed by atoms with E-state index in [2.05, 4.69) is 4.72 Å². The maximum atomic E-state index is 12.1. The van der Waals surface area contributed by atoms with Crippen molar-refractivity contribution in [3.05, 3.63) is 59.4 Å². The first-order valence-electron chi connectivity index (χ1n) is 8.19. The van der Waals surface area contributed by atoms with E-state index in [0.717, 1.165) is 5.69 Å². The lowest BCUT2D eigenvalue weighted by Gasteiger charge is -2.09. The zero-order valence-electron chi connectivity index (χ0n) is 14.5. The molecule has 0 unspecified atom stereocenters. The monoisotopic (exact) mass is 378 g/mol. The Morgan fingerprint density at radius 1 is 1.08 bits per heavy atom. The van der Waals surface area contributed by atoms with Gasteiger partial charge in [-0.2, -0.15) is 0 Å². The number of benzene rings is 1. The standard InChI is InChI=1S/C18H22N2O5S/c1-20-15(7-8-16(20)17(21)9-10-18(22)23)11-12-19-26(24,25)13-14-5-3-2-4-6-14/h2-8,19H,9-13H2,1H3,(H,22,23). The summed E-state index contributed by atoms with van der Waals surface area (Å²) in [5, 5.41) is 8.66. The Hall–Kier alpha value is -2.45. The van der Waals surface area contributed by atoms with Gasteiger partial charge in [-0.3, -0.25) is 9.59 Å². The molecule has 0 saturated carbocycles. The van der Waals surface area contributed by atoms with Gasteiger partial charge < -0.3 is 9.67 Å². The minimum absolute atomic E-state index is 0.0592. The van der Waals surface area contributed by atoms with E-state index in [9.17, 15) is 18.0 Å². The fraction of sp³-hybridized carbons (Fsp3) is 0.333. The molecule has 0 saturated heterocycles. The van der Waals surface area contributed by atoms with Crippen molar-refractivity contribution in [3.63, 3.8) is 0 Å². The Labute approximate surface area is 152 Å². The number of nitrogens with one attached hydrogen (secondary N) is 1. The van der Waals surface area contributed by atoms with E-state index < -0.39 is 16.0 Å². The van der Waals surface area contributed by atoms with Crippen LogP contribution in [0.15, 0.2) is 42.5 Å². The van der Waals surface area contributed by atoms with E-state index in [1.54, 1.807) is 48.0 Å². The van der Waals surface area contributed by atoms with E-state index in [0.29, 0.717) is 17.7 Å². The smallest absolute Gasteiger partial charge is 0.303 e. The van der Waals surface area contributed by atoms with Crippen LogP contribution in [0.3, 0.4) is 0 Å². The highest BCUT2D eigenvalue weighted by molar-refractivity contribution is 7.88. The molecule has 0 spiro atoms. The van der Waals surface area contributed by atoms with Crippen LogP contribution in [0.5, 0.6) is 0 Å². The Morgan fingerprint density at radius 3 is 2.42 bits per heavy atom. The second-order valence-corrected chi connectivity index (χ2v) is 7.78. The number of carboxylic acids is 1. The molecule has 0 aliphatic rings. The van der Waals surface area contributed by atoms with Gasteiger partial charge in [-0.15, -0.1) is 0 Å². The Balaban J connectivity index is 1.90. The van der Waals surface area contributed by atoms with Gasteiger partial charge in [0.1, 0.15) is 0 Å². The van der Waals surface area contributed by atoms with Crippen LogP contribution in [0.2, 0.25) is 0 Å². The zero-order valence-corrected chi connectivity index (χ0v) is 15.3. The van der Waals surface area contributed by atoms with Crippen LogP contribution in [0, 0.1) is 0 Å². The van der Waals surface area contributed by atoms with Crippen molar-refractivity contribution in [2.24, 2.45) is 7.05 Å². The normalized spacial score (nSPS) is 11.4. The first kappa shape index (κ1) is 19.9. The molecular formula is C18H22N2O5S. The van der Waals surface area contributed by atoms with E-state index in [-0.39, 0.29) is 30.9 Å². The van der Waals surface area contributed by atoms with Crippen molar-refractivity contribution in [1.82, 2.24) is 9.29 Å². The number of aliphatic carboxylic acids is 1. The lowest BCUT2D eigenvalue weighted by Crippen LogP contribution is -2.27. The molecule has 7 nitrogen and oxygen atoms in total. The number of Topliss-reactive ketones (excluding diaryl/α,β-unsaturated/α-hetero) is 1. The highest BCUT2D eigenvalue weighted by atomic mass is 32.2. The number of hydrogen-bond donors (Lipinski definition) is 2. The van der Waals surface area contributed by atoms with Gasteiger partial charge in [0.15, 0.2) is 5.78 Å². The SMILES string of the molecule is Cn1c(CCNS(=O)(=O)Cc2ccccc2)ccc1C(=O)CCC(=O)O. The van der Waals surface area contributed by atoms with Crippen LogP contribution in [0.1, 0.15) is 34.6 Å². The van der Waals surface area contributed by atoms with E-state index >= 15 is 0 Å². The van der Waals surface area contributed by atoms with Crippen LogP contribution in [0.25, 0.3) is 0 Å². The summed E-state index contributed by atoms with van der Waals surface area (Å²) in [4.78, 5) is 22.6. The van der Waals surface area contributed by atoms with Crippen LogP contribution in [-0.2, 0) is 34.0 Å². The molecule has 0 bridgehead atoms. The number of rotatable bonds is 10. The third-order valence-corrected chi connectivity index (χ3v) is 5.34. The molecule has 0 aliphatic carbocycles. The van der Waals surface area contributed by atoms with Gasteiger partial charge in [0.05, 0.1) is 17.9 Å². The van der Waals surface area contributed by atoms with E-state index in [1.165, 1.54) is 0 Å². The number of hydrogen-bond acceptors (Lipinski definition) is 4. The van der Waals surface area contributed by atoms with Crippen LogP contribution in [0.4, 0.5) is 0 Å². The first-order chi connectivity index (χ1) is 12.3. The molecule has 26 heavy (non-hydrogen) atoms. The first-order valence-corrected chi connectivity index (χ1v) is 9.84. The van der Waals surface area contributed by atoms with Gasteiger partial charge in [-0.05, 0) is 17.7 Å². The molecule has 0 amide bonds. The average molecular weight is 378 g/mol. The van der Waals surface area contributed by atoms with Gasteiger partial charge in [0.25, 0.3) is 0 Å². The maximum absolute atomic E-state index is 12.1. The molecule has 1 aromatic carbocycles. The topological polar surface area (TPSA) is 105 Å². The molecule has 2 rings (SSSR count). The van der Waals surface area contributed by atoms with Crippen LogP contribution >= 0.6 is 0 Å². The number of carbonyl (C=O) groups is 2. The molecule has 2 aromatic rings. The summed E-state index contributed by atoms with van der Waals surface area (Å²) in [6, 6.07) is 12.3. The van der Waals surface area contributed by atoms with Gasteiger partial charge >= 0.3 is 5.97 Å². The van der Waals surface area contributed by atoms with E-state index in [4.69, 9.17) is 5.11 Å². The molecular weight excluding hydrogens is 356 g/mol. The van der Waals surface area contributed by atoms with Gasteiger partial charge in [-0.1, -0.05) is 30.3 Å². The minimum Gasteiger partial charge on any atom is -0.481 e. The van der Waals surface area contributed by atoms with Crippen molar-refractivity contribution in [1.29, 1.82) is 0 Å². The third-order valence-electron chi connectivity index (χ3n) is 3.98. The summed E-state index contributed by atoms with van der Waals surface area (Å²) in [6.07, 6.45) is 0.158. The second kappa shape index (κ2) is 8.77. The van der Waals surface area contributed by atoms with Crippen LogP contribution in [-0.4, -0.2) is 36.4 Å². The fourth-order valence-corrected chi connectivity index (χ4v) is 3.76. The van der Waals surface area contributed by atoms with Gasteiger partial charge in [0, 0.05) is 32.1 Å². The lowest BCUT2D eigenvalue weighted by atomic mass is 10.2. The number of ketones is 1. The van der Waals surface area contributed by atoms with Crippen molar-refractivity contribution < 1.29 is 23.1 Å². The van der Waals surface area contributed by atoms with Crippen molar-refractivity contribution in [2.75, 3.05) is 6.54 Å². The highest BCUT2D eigenvalue weighted by Crippen LogP contribution is 2.12. The lowest BCUT2D eigenvalue weighted by molar-refractivity contribution is -0.136. The molecule has 0 radical (unpaired) electrons. The molecule has 1 aromatic heterocycles. The van der Waals surface area contributed by atoms with Gasteiger partial charge in [-0.25, -0.2) is 13.1 Å². The summed E-state index contributed by atoms with van der Waals surface area (Å²) in [5.41, 5.74) is 1.93. The Kier molecular flexibility index (Phi) is 6.70. The van der Waals surface area contributed by atoms with Crippen molar-refractivity contribution in [3.8, 4) is 0 Å². The molecule has 1 heterocycles. The third kappa shape index (κ3) is 5.82. The van der Waals surface area contributed by atoms with Crippen molar-refractivity contribution in [2.45, 2.75) is 25.0 Å². The Bertz CT molecular complexity index is 872. The fourth-order valence-electron chi connectivity index (χ4n) is 2.61. The minimum atomic E-state index is -3.44. The summed E-state index contributed by atoms with van der Waals surface area (Å²) in [7, 11) is -1.73. The molecule has 8 heteroatoms. The zero-order chi connectivity index (χ0) is 19.2. The summed E-state index contributed by atoms with van der Waals surface area (Å²) < 4.78 is 28.5. The van der Waals surface area contributed by atoms with E-state index in [1.807, 2.05) is 6.07 Å². The average Bonchev–Trinajstić information content (AvgIpc) is 2.94. The predicted molar refractivity (Wildman–Crippen MR) is 97.4 cm³/mol. The summed E-state index contributed by atoms with van der Waals surface area (Å²) >= 11 is 0. The number of aromatic nitrogens is 1. The maximum Gasteiger partial charge on any atom is 0.303 e. The number of sulfonamides is 1. The number of carboxylic acid groups (broad SMARTS) is 1. The number of nitrogens with zero attached hydrogens (tertiary/aromatic N) is 1. The molecule has 2 N–H and O–H groups in total. The molecule has 0 fully saturated rings. The number of carbonyl (C=O) groups excluding carboxylic acids is 1. The highest BCUT2D eigenvalue weighted by Gasteiger charge is 2.15. The quantitative estimate of drug-likeness (QED) is 0.613. The molecule has 0 atom stereocenters. The predicted octanol–water partition coefficient (Wildman–Crippen LogP) is 1.73. The molecule has 140 valence electrons. The summed E-state index contributed by atoms with van der Waals surface area (Å²) in [6.45, 7) is 0.218. The summed E-state index contributed by atoms with van der Waals surface area (Å²) in [5.74, 6) is -1.34. The largest absolute Gasteiger partial charge is 0.481 e. The van der Waals surface area contributed by atoms with Crippen LogP contribution < -0.4 is 4.72 Å². The second-order valence-electron chi connectivity index (χ2n) is 5.97. The molecule has 0 aliphatic heterocycles. The van der Waals surface area contributed by atoms with Gasteiger partial charge in [0.2, 0.25) is 10.0 Å². The Morgan fingerprint density at radius 2 is 1.77 bits per heavy atom.